The van der Waals surface area contributed by atoms with E-state index in [0.29, 0.717) is 5.88 Å². The first-order chi connectivity index (χ1) is 8.85. The molecule has 1 heterocycles. The third-order valence-corrected chi connectivity index (χ3v) is 4.16. The molecular formula is C15H20N2O. The van der Waals surface area contributed by atoms with Crippen LogP contribution in [0.5, 0.6) is 5.88 Å². The maximum absolute atomic E-state index is 5.05. The highest BCUT2D eigenvalue weighted by molar-refractivity contribution is 5.17. The zero-order valence-electron chi connectivity index (χ0n) is 10.8. The van der Waals surface area contributed by atoms with E-state index in [1.807, 2.05) is 12.3 Å². The predicted octanol–water partition coefficient (Wildman–Crippen LogP) is 2.39. The highest BCUT2D eigenvalue weighted by atomic mass is 16.5. The average molecular weight is 244 g/mol. The molecule has 1 aromatic rings. The number of nitrogens with one attached hydrogen (secondary N) is 1. The number of pyridine rings is 1. The van der Waals surface area contributed by atoms with Gasteiger partial charge in [-0.1, -0.05) is 18.2 Å². The van der Waals surface area contributed by atoms with Gasteiger partial charge in [-0.3, -0.25) is 0 Å². The number of nitrogens with zero attached hydrogens (tertiary/aromatic N) is 1. The molecule has 2 aliphatic carbocycles. The summed E-state index contributed by atoms with van der Waals surface area (Å²) in [4.78, 5) is 4.21. The minimum absolute atomic E-state index is 0.678. The van der Waals surface area contributed by atoms with Crippen molar-refractivity contribution in [3.05, 3.63) is 36.0 Å². The van der Waals surface area contributed by atoms with Gasteiger partial charge in [0.25, 0.3) is 0 Å². The SMILES string of the molecule is COc1ccc(CNCC2CC3C=CC2C3)cn1. The van der Waals surface area contributed by atoms with E-state index in [2.05, 4.69) is 28.5 Å². The molecule has 3 rings (SSSR count). The molecule has 96 valence electrons. The maximum atomic E-state index is 5.05. The van der Waals surface area contributed by atoms with Crippen LogP contribution in [0.4, 0.5) is 0 Å². The Labute approximate surface area is 108 Å². The summed E-state index contributed by atoms with van der Waals surface area (Å²) in [5.41, 5.74) is 1.22. The van der Waals surface area contributed by atoms with Gasteiger partial charge in [-0.2, -0.15) is 0 Å². The maximum Gasteiger partial charge on any atom is 0.212 e. The van der Waals surface area contributed by atoms with Crippen LogP contribution in [0.3, 0.4) is 0 Å². The van der Waals surface area contributed by atoms with E-state index in [1.165, 1.54) is 18.4 Å². The van der Waals surface area contributed by atoms with E-state index < -0.39 is 0 Å². The number of methoxy groups -OCH3 is 1. The number of ether oxygens (including phenoxy) is 1. The number of hydrogen-bond acceptors (Lipinski definition) is 3. The second-order valence-corrected chi connectivity index (χ2v) is 5.38. The van der Waals surface area contributed by atoms with Crippen molar-refractivity contribution in [1.29, 1.82) is 0 Å². The van der Waals surface area contributed by atoms with Crippen molar-refractivity contribution < 1.29 is 4.74 Å². The fourth-order valence-electron chi connectivity index (χ4n) is 3.17. The normalized spacial score (nSPS) is 28.8. The first-order valence-electron chi connectivity index (χ1n) is 6.73. The Kier molecular flexibility index (Phi) is 3.33. The Hall–Kier alpha value is -1.35. The number of hydrogen-bond donors (Lipinski definition) is 1. The van der Waals surface area contributed by atoms with Gasteiger partial charge in [0.05, 0.1) is 7.11 Å². The first-order valence-corrected chi connectivity index (χ1v) is 6.73. The van der Waals surface area contributed by atoms with Gasteiger partial charge in [-0.15, -0.1) is 0 Å². The highest BCUT2D eigenvalue weighted by Crippen LogP contribution is 2.42. The summed E-state index contributed by atoms with van der Waals surface area (Å²) in [6.07, 6.45) is 9.45. The quantitative estimate of drug-likeness (QED) is 0.808. The van der Waals surface area contributed by atoms with Crippen molar-refractivity contribution in [3.63, 3.8) is 0 Å². The summed E-state index contributed by atoms with van der Waals surface area (Å²) >= 11 is 0. The smallest absolute Gasteiger partial charge is 0.212 e. The average Bonchev–Trinajstić information content (AvgIpc) is 3.02. The van der Waals surface area contributed by atoms with E-state index in [9.17, 15) is 0 Å². The number of allylic oxidation sites excluding steroid dienone is 2. The second-order valence-electron chi connectivity index (χ2n) is 5.38. The van der Waals surface area contributed by atoms with Crippen LogP contribution in [0.2, 0.25) is 0 Å². The van der Waals surface area contributed by atoms with Crippen molar-refractivity contribution in [2.75, 3.05) is 13.7 Å². The molecule has 0 aromatic carbocycles. The molecule has 0 aliphatic heterocycles. The number of fused-ring (bicyclic) bond motifs is 2. The van der Waals surface area contributed by atoms with Gasteiger partial charge in [0.2, 0.25) is 5.88 Å². The predicted molar refractivity (Wildman–Crippen MR) is 71.3 cm³/mol. The summed E-state index contributed by atoms with van der Waals surface area (Å²) in [7, 11) is 1.64. The lowest BCUT2D eigenvalue weighted by atomic mass is 9.93. The molecular weight excluding hydrogens is 224 g/mol. The topological polar surface area (TPSA) is 34.1 Å². The van der Waals surface area contributed by atoms with Crippen molar-refractivity contribution in [3.8, 4) is 5.88 Å². The lowest BCUT2D eigenvalue weighted by Gasteiger charge is -2.18. The standard InChI is InChI=1S/C15H20N2O/c1-18-15-5-3-12(9-17-15)8-16-10-14-7-11-2-4-13(14)6-11/h2-5,9,11,13-14,16H,6-8,10H2,1H3. The third-order valence-electron chi connectivity index (χ3n) is 4.16. The summed E-state index contributed by atoms with van der Waals surface area (Å²) in [5, 5.41) is 3.55. The van der Waals surface area contributed by atoms with E-state index in [1.54, 1.807) is 7.11 Å². The van der Waals surface area contributed by atoms with Gasteiger partial charge < -0.3 is 10.1 Å². The van der Waals surface area contributed by atoms with Crippen LogP contribution < -0.4 is 10.1 Å². The van der Waals surface area contributed by atoms with Gasteiger partial charge in [-0.25, -0.2) is 4.98 Å². The fraction of sp³-hybridized carbons (Fsp3) is 0.533. The van der Waals surface area contributed by atoms with Gasteiger partial charge >= 0.3 is 0 Å². The van der Waals surface area contributed by atoms with Crippen LogP contribution in [-0.4, -0.2) is 18.6 Å². The van der Waals surface area contributed by atoms with Crippen LogP contribution in [-0.2, 0) is 6.54 Å². The number of aromatic nitrogens is 1. The van der Waals surface area contributed by atoms with Crippen molar-refractivity contribution in [1.82, 2.24) is 10.3 Å². The van der Waals surface area contributed by atoms with Gasteiger partial charge in [0.15, 0.2) is 0 Å². The second kappa shape index (κ2) is 5.11. The summed E-state index contributed by atoms with van der Waals surface area (Å²) < 4.78 is 5.05. The fourth-order valence-corrected chi connectivity index (χ4v) is 3.17. The largest absolute Gasteiger partial charge is 0.481 e. The number of rotatable bonds is 5. The Morgan fingerprint density at radius 1 is 1.33 bits per heavy atom. The van der Waals surface area contributed by atoms with Crippen molar-refractivity contribution in [2.45, 2.75) is 19.4 Å². The van der Waals surface area contributed by atoms with Crippen LogP contribution in [0, 0.1) is 17.8 Å². The zero-order valence-corrected chi connectivity index (χ0v) is 10.8. The molecule has 0 radical (unpaired) electrons. The zero-order chi connectivity index (χ0) is 12.4. The first kappa shape index (κ1) is 11.7. The molecule has 1 fully saturated rings. The van der Waals surface area contributed by atoms with Gasteiger partial charge in [-0.05, 0) is 42.7 Å². The molecule has 0 saturated heterocycles. The van der Waals surface area contributed by atoms with Gasteiger partial charge in [0, 0.05) is 18.8 Å². The Bertz CT molecular complexity index is 427. The lowest BCUT2D eigenvalue weighted by Crippen LogP contribution is -2.25. The monoisotopic (exact) mass is 244 g/mol. The Morgan fingerprint density at radius 2 is 2.28 bits per heavy atom. The molecule has 3 nitrogen and oxygen atoms in total. The van der Waals surface area contributed by atoms with Crippen molar-refractivity contribution >= 4 is 0 Å². The Balaban J connectivity index is 1.45. The molecule has 2 bridgehead atoms. The molecule has 3 heteroatoms. The molecule has 18 heavy (non-hydrogen) atoms. The molecule has 0 amide bonds. The summed E-state index contributed by atoms with van der Waals surface area (Å²) in [5.74, 6) is 3.21. The molecule has 1 aromatic heterocycles. The summed E-state index contributed by atoms with van der Waals surface area (Å²) in [6, 6.07) is 3.98. The van der Waals surface area contributed by atoms with Crippen LogP contribution in [0.15, 0.2) is 30.5 Å². The van der Waals surface area contributed by atoms with Crippen LogP contribution in [0.25, 0.3) is 0 Å². The molecule has 1 N–H and O–H groups in total. The third kappa shape index (κ3) is 2.41. The van der Waals surface area contributed by atoms with Gasteiger partial charge in [0.1, 0.15) is 0 Å². The minimum atomic E-state index is 0.678. The van der Waals surface area contributed by atoms with E-state index >= 15 is 0 Å². The van der Waals surface area contributed by atoms with Crippen molar-refractivity contribution in [2.24, 2.45) is 17.8 Å². The molecule has 3 unspecified atom stereocenters. The van der Waals surface area contributed by atoms with E-state index in [-0.39, 0.29) is 0 Å². The molecule has 2 aliphatic rings. The Morgan fingerprint density at radius 3 is 2.89 bits per heavy atom. The molecule has 0 spiro atoms. The van der Waals surface area contributed by atoms with Crippen LogP contribution >= 0.6 is 0 Å². The van der Waals surface area contributed by atoms with E-state index in [4.69, 9.17) is 4.74 Å². The highest BCUT2D eigenvalue weighted by Gasteiger charge is 2.34. The lowest BCUT2D eigenvalue weighted by molar-refractivity contribution is 0.396. The van der Waals surface area contributed by atoms with Crippen LogP contribution in [0.1, 0.15) is 18.4 Å². The molecule has 3 atom stereocenters. The molecule has 1 saturated carbocycles. The minimum Gasteiger partial charge on any atom is -0.481 e. The summed E-state index contributed by atoms with van der Waals surface area (Å²) in [6.45, 7) is 2.02. The van der Waals surface area contributed by atoms with E-state index in [0.717, 1.165) is 30.8 Å².